The van der Waals surface area contributed by atoms with Crippen LogP contribution in [-0.2, 0) is 44.0 Å². The highest BCUT2D eigenvalue weighted by Crippen LogP contribution is 2.49. The molecule has 0 aromatic carbocycles. The summed E-state index contributed by atoms with van der Waals surface area (Å²) < 4.78 is 40.5. The number of rotatable bonds is 13. The van der Waals surface area contributed by atoms with Crippen LogP contribution >= 0.6 is 7.60 Å². The molecule has 1 unspecified atom stereocenters. The van der Waals surface area contributed by atoms with Crippen molar-refractivity contribution in [3.05, 3.63) is 24.8 Å². The zero-order valence-corrected chi connectivity index (χ0v) is 22.4. The van der Waals surface area contributed by atoms with E-state index in [1.807, 2.05) is 0 Å². The maximum Gasteiger partial charge on any atom is 0.510 e. The maximum absolute atomic E-state index is 12.9. The Labute approximate surface area is 218 Å². The first kappa shape index (κ1) is 32.4. The van der Waals surface area contributed by atoms with Crippen molar-refractivity contribution in [3.8, 4) is 0 Å². The van der Waals surface area contributed by atoms with Gasteiger partial charge in [0.2, 0.25) is 6.79 Å². The van der Waals surface area contributed by atoms with E-state index in [-0.39, 0.29) is 18.3 Å². The van der Waals surface area contributed by atoms with Gasteiger partial charge in [-0.25, -0.2) is 29.3 Å². The third-order valence-electron chi connectivity index (χ3n) is 3.90. The van der Waals surface area contributed by atoms with E-state index in [2.05, 4.69) is 15.0 Å². The number of carboxylic acid groups (broad SMARTS) is 2. The lowest BCUT2D eigenvalue weighted by molar-refractivity contribution is -0.134. The van der Waals surface area contributed by atoms with Crippen molar-refractivity contribution in [1.29, 1.82) is 0 Å². The molecule has 0 spiro atoms. The van der Waals surface area contributed by atoms with Crippen LogP contribution in [-0.4, -0.2) is 79.3 Å². The summed E-state index contributed by atoms with van der Waals surface area (Å²) in [6.07, 6.45) is 1.65. The molecule has 16 nitrogen and oxygen atoms in total. The van der Waals surface area contributed by atoms with Crippen LogP contribution in [0.2, 0.25) is 0 Å². The molecule has 4 N–H and O–H groups in total. The van der Waals surface area contributed by atoms with E-state index in [9.17, 15) is 18.9 Å². The molecule has 0 aliphatic carbocycles. The minimum absolute atomic E-state index is 0.284. The number of carbonyl (C=O) groups excluding carboxylic acids is 1. The van der Waals surface area contributed by atoms with Gasteiger partial charge in [-0.3, -0.25) is 9.09 Å². The molecule has 2 aromatic rings. The monoisotopic (exact) mass is 561 g/mol. The van der Waals surface area contributed by atoms with Gasteiger partial charge < -0.3 is 39.2 Å². The predicted octanol–water partition coefficient (Wildman–Crippen LogP) is 2.64. The molecule has 0 saturated heterocycles. The number of carbonyl (C=O) groups is 3. The van der Waals surface area contributed by atoms with Gasteiger partial charge in [0.1, 0.15) is 18.2 Å². The molecule has 2 aromatic heterocycles. The van der Waals surface area contributed by atoms with Gasteiger partial charge in [-0.1, -0.05) is 0 Å². The van der Waals surface area contributed by atoms with Gasteiger partial charge in [0.05, 0.1) is 31.2 Å². The number of imidazole rings is 1. The lowest BCUT2D eigenvalue weighted by Crippen LogP contribution is -2.20. The number of aliphatic carboxylic acids is 2. The quantitative estimate of drug-likeness (QED) is 0.138. The summed E-state index contributed by atoms with van der Waals surface area (Å²) in [5, 5.41) is 15.6. The van der Waals surface area contributed by atoms with Crippen LogP contribution in [0.3, 0.4) is 0 Å². The van der Waals surface area contributed by atoms with E-state index in [0.29, 0.717) is 29.9 Å². The zero-order valence-electron chi connectivity index (χ0n) is 21.5. The number of anilines is 1. The lowest BCUT2D eigenvalue weighted by atomic mass is 10.4. The van der Waals surface area contributed by atoms with Crippen molar-refractivity contribution in [2.24, 2.45) is 0 Å². The molecule has 38 heavy (non-hydrogen) atoms. The summed E-state index contributed by atoms with van der Waals surface area (Å²) in [6.45, 7) is 8.32. The third-order valence-corrected chi connectivity index (χ3v) is 5.61. The fourth-order valence-electron chi connectivity index (χ4n) is 2.52. The molecule has 2 heterocycles. The zero-order chi connectivity index (χ0) is 28.9. The Morgan fingerprint density at radius 2 is 1.68 bits per heavy atom. The molecule has 0 amide bonds. The Kier molecular flexibility index (Phi) is 13.3. The number of hydrogen-bond donors (Lipinski definition) is 3. The minimum Gasteiger partial charge on any atom is -0.478 e. The van der Waals surface area contributed by atoms with Gasteiger partial charge >= 0.3 is 25.7 Å². The summed E-state index contributed by atoms with van der Waals surface area (Å²) in [5.74, 6) is -2.23. The first-order chi connectivity index (χ1) is 17.7. The van der Waals surface area contributed by atoms with Crippen molar-refractivity contribution in [2.75, 3.05) is 18.9 Å². The molecule has 212 valence electrons. The smallest absolute Gasteiger partial charge is 0.478 e. The second-order valence-electron chi connectivity index (χ2n) is 8.02. The fraction of sp³-hybridized carbons (Fsp3) is 0.524. The molecule has 0 fully saturated rings. The van der Waals surface area contributed by atoms with Crippen LogP contribution in [0.15, 0.2) is 24.8 Å². The van der Waals surface area contributed by atoms with E-state index in [1.54, 1.807) is 45.5 Å². The van der Waals surface area contributed by atoms with Gasteiger partial charge in [-0.05, 0) is 34.6 Å². The molecule has 0 bridgehead atoms. The van der Waals surface area contributed by atoms with Crippen LogP contribution in [0, 0.1) is 0 Å². The molecule has 17 heteroatoms. The molecule has 0 saturated carbocycles. The molecule has 0 radical (unpaired) electrons. The van der Waals surface area contributed by atoms with Crippen LogP contribution in [0.5, 0.6) is 0 Å². The number of nitrogens with two attached hydrogens (primary N) is 1. The van der Waals surface area contributed by atoms with Crippen LogP contribution in [0.4, 0.5) is 10.6 Å². The number of hydrogen-bond acceptors (Lipinski definition) is 13. The Balaban J connectivity index is 0.000000781. The molecular weight excluding hydrogens is 529 g/mol. The van der Waals surface area contributed by atoms with Gasteiger partial charge in [-0.2, -0.15) is 0 Å². The lowest BCUT2D eigenvalue weighted by Gasteiger charge is -2.22. The topological polar surface area (TPSA) is 225 Å². The molecule has 0 aliphatic heterocycles. The highest BCUT2D eigenvalue weighted by atomic mass is 31.2. The number of ether oxygens (including phenoxy) is 3. The number of aromatic nitrogens is 4. The van der Waals surface area contributed by atoms with E-state index in [0.717, 1.165) is 0 Å². The summed E-state index contributed by atoms with van der Waals surface area (Å²) >= 11 is 0. The highest BCUT2D eigenvalue weighted by molar-refractivity contribution is 7.53. The second kappa shape index (κ2) is 15.6. The standard InChI is InChI=1S/C17H28N5O7P.C4H4O4/c1-11(2)28-17(23)25-9-27-30(24,29-12(3)4)10-26-13(5)6-22-8-21-14-15(18)19-7-20-16(14)22;5-3(6)1-2-4(7)8/h7-8,11-13H,6,9-10H2,1-5H3,(H2,18,19,20);1-2H,(H,5,6)(H,7,8)/b;2-1+/t13-,30?;/m1./s1. The number of fused-ring (bicyclic) bond motifs is 1. The Bertz CT molecular complexity index is 1140. The maximum atomic E-state index is 12.9. The van der Waals surface area contributed by atoms with Crippen LogP contribution < -0.4 is 5.73 Å². The number of nitrogens with zero attached hydrogens (tertiary/aromatic N) is 4. The van der Waals surface area contributed by atoms with E-state index >= 15 is 0 Å². The van der Waals surface area contributed by atoms with Crippen molar-refractivity contribution in [2.45, 2.75) is 59.5 Å². The largest absolute Gasteiger partial charge is 0.510 e. The SMILES string of the molecule is CC(C)OC(=O)OCOP(=O)(CO[C@H](C)Cn1cnc2c(N)ncnc21)OC(C)C.O=C(O)/C=C/C(=O)O. The van der Waals surface area contributed by atoms with E-state index in [4.69, 9.17) is 39.2 Å². The van der Waals surface area contributed by atoms with Gasteiger partial charge in [-0.15, -0.1) is 0 Å². The fourth-order valence-corrected chi connectivity index (χ4v) is 4.01. The average Bonchev–Trinajstić information content (AvgIpc) is 3.20. The summed E-state index contributed by atoms with van der Waals surface area (Å²) in [6, 6.07) is 0. The normalized spacial score (nSPS) is 13.7. The Hall–Kier alpha value is -3.59. The van der Waals surface area contributed by atoms with E-state index in [1.165, 1.54) is 6.33 Å². The first-order valence-electron chi connectivity index (χ1n) is 11.1. The molecule has 0 aliphatic rings. The first-order valence-corrected chi connectivity index (χ1v) is 12.9. The minimum atomic E-state index is -3.69. The molecule has 2 atom stereocenters. The van der Waals surface area contributed by atoms with E-state index < -0.39 is 44.7 Å². The molecular formula is C21H32N5O11P. The average molecular weight is 561 g/mol. The van der Waals surface area contributed by atoms with Crippen molar-refractivity contribution < 1.29 is 52.4 Å². The molecule has 2 rings (SSSR count). The number of carboxylic acids is 2. The Morgan fingerprint density at radius 3 is 2.24 bits per heavy atom. The van der Waals surface area contributed by atoms with Crippen LogP contribution in [0.25, 0.3) is 11.2 Å². The number of nitrogen functional groups attached to an aromatic ring is 1. The van der Waals surface area contributed by atoms with Gasteiger partial charge in [0, 0.05) is 12.2 Å². The highest BCUT2D eigenvalue weighted by Gasteiger charge is 2.29. The van der Waals surface area contributed by atoms with Gasteiger partial charge in [0.25, 0.3) is 0 Å². The Morgan fingerprint density at radius 1 is 1.05 bits per heavy atom. The van der Waals surface area contributed by atoms with Gasteiger partial charge in [0.15, 0.2) is 11.5 Å². The summed E-state index contributed by atoms with van der Waals surface area (Å²) in [5.41, 5.74) is 6.84. The van der Waals surface area contributed by atoms with Crippen molar-refractivity contribution in [1.82, 2.24) is 19.5 Å². The summed E-state index contributed by atoms with van der Waals surface area (Å²) in [7, 11) is -3.69. The third kappa shape index (κ3) is 12.6. The predicted molar refractivity (Wildman–Crippen MR) is 132 cm³/mol. The summed E-state index contributed by atoms with van der Waals surface area (Å²) in [4.78, 5) is 42.8. The second-order valence-corrected chi connectivity index (χ2v) is 9.97. The van der Waals surface area contributed by atoms with Crippen molar-refractivity contribution in [3.63, 3.8) is 0 Å². The van der Waals surface area contributed by atoms with Crippen molar-refractivity contribution >= 4 is 42.7 Å². The van der Waals surface area contributed by atoms with Crippen LogP contribution in [0.1, 0.15) is 34.6 Å².